The summed E-state index contributed by atoms with van der Waals surface area (Å²) in [6.45, 7) is 2.33. The third-order valence-corrected chi connectivity index (χ3v) is 7.32. The van der Waals surface area contributed by atoms with Crippen molar-refractivity contribution in [3.05, 3.63) is 48.5 Å². The van der Waals surface area contributed by atoms with Crippen molar-refractivity contribution in [3.63, 3.8) is 0 Å². The van der Waals surface area contributed by atoms with Gasteiger partial charge in [-0.05, 0) is 61.6 Å². The van der Waals surface area contributed by atoms with Gasteiger partial charge in [0.2, 0.25) is 17.7 Å². The molecule has 0 radical (unpaired) electrons. The molecule has 1 aliphatic carbocycles. The second-order valence-electron chi connectivity index (χ2n) is 9.66. The van der Waals surface area contributed by atoms with Crippen LogP contribution in [-0.4, -0.2) is 37.3 Å². The molecule has 2 saturated heterocycles. The van der Waals surface area contributed by atoms with Gasteiger partial charge in [-0.15, -0.1) is 0 Å². The van der Waals surface area contributed by atoms with Gasteiger partial charge in [-0.1, -0.05) is 13.0 Å². The van der Waals surface area contributed by atoms with E-state index in [1.54, 1.807) is 60.5 Å². The summed E-state index contributed by atoms with van der Waals surface area (Å²) in [5.74, 6) is -0.835. The first kappa shape index (κ1) is 23.1. The second kappa shape index (κ2) is 9.17. The molecule has 3 amide bonds. The number of nitrogens with zero attached hydrogens (tertiary/aromatic N) is 2. The Balaban J connectivity index is 1.27. The van der Waals surface area contributed by atoms with Gasteiger partial charge in [0.1, 0.15) is 11.5 Å². The number of benzene rings is 2. The van der Waals surface area contributed by atoms with Crippen molar-refractivity contribution in [2.75, 3.05) is 23.5 Å². The Morgan fingerprint density at radius 1 is 0.914 bits per heavy atom. The number of ether oxygens (including phenoxy) is 2. The van der Waals surface area contributed by atoms with Crippen molar-refractivity contribution < 1.29 is 28.7 Å². The van der Waals surface area contributed by atoms with Crippen molar-refractivity contribution in [2.45, 2.75) is 32.6 Å². The van der Waals surface area contributed by atoms with Crippen LogP contribution in [0.1, 0.15) is 32.6 Å². The maximum Gasteiger partial charge on any atom is 0.316 e. The third-order valence-electron chi connectivity index (χ3n) is 7.32. The number of amides is 3. The summed E-state index contributed by atoms with van der Waals surface area (Å²) in [4.78, 5) is 54.3. The first-order chi connectivity index (χ1) is 16.9. The summed E-state index contributed by atoms with van der Waals surface area (Å²) in [5, 5.41) is 0. The summed E-state index contributed by atoms with van der Waals surface area (Å²) in [6, 6.07) is 13.6. The summed E-state index contributed by atoms with van der Waals surface area (Å²) in [5.41, 5.74) is 1.10. The van der Waals surface area contributed by atoms with E-state index < -0.39 is 11.9 Å². The van der Waals surface area contributed by atoms with E-state index in [0.29, 0.717) is 23.0 Å². The fourth-order valence-corrected chi connectivity index (χ4v) is 5.41. The molecule has 3 aliphatic rings. The van der Waals surface area contributed by atoms with E-state index in [2.05, 4.69) is 6.92 Å². The zero-order valence-electron chi connectivity index (χ0n) is 19.8. The number of hydrogen-bond donors (Lipinski definition) is 0. The van der Waals surface area contributed by atoms with Crippen LogP contribution in [0.15, 0.2) is 48.5 Å². The average molecular weight is 477 g/mol. The molecule has 0 aromatic heterocycles. The number of imide groups is 1. The molecular formula is C27H28N2O6. The number of carbonyl (C=O) groups is 4. The molecule has 8 nitrogen and oxygen atoms in total. The number of methoxy groups -OCH3 is 1. The monoisotopic (exact) mass is 476 g/mol. The van der Waals surface area contributed by atoms with Crippen LogP contribution in [0.4, 0.5) is 11.4 Å². The van der Waals surface area contributed by atoms with E-state index in [4.69, 9.17) is 9.47 Å². The van der Waals surface area contributed by atoms with Crippen molar-refractivity contribution in [3.8, 4) is 11.5 Å². The maximum atomic E-state index is 13.0. The topological polar surface area (TPSA) is 93.2 Å². The van der Waals surface area contributed by atoms with Gasteiger partial charge < -0.3 is 14.4 Å². The summed E-state index contributed by atoms with van der Waals surface area (Å²) < 4.78 is 10.7. The van der Waals surface area contributed by atoms with E-state index in [9.17, 15) is 19.2 Å². The molecule has 3 fully saturated rings. The fraction of sp³-hybridized carbons (Fsp3) is 0.407. The minimum Gasteiger partial charge on any atom is -0.497 e. The Labute approximate surface area is 203 Å². The highest BCUT2D eigenvalue weighted by molar-refractivity contribution is 6.22. The molecular weight excluding hydrogens is 448 g/mol. The number of fused-ring (bicyclic) bond motifs is 1. The molecule has 0 spiro atoms. The number of esters is 1. The van der Waals surface area contributed by atoms with E-state index in [0.717, 1.165) is 19.3 Å². The lowest BCUT2D eigenvalue weighted by Gasteiger charge is -2.25. The summed E-state index contributed by atoms with van der Waals surface area (Å²) >= 11 is 0. The molecule has 0 bridgehead atoms. The largest absolute Gasteiger partial charge is 0.497 e. The summed E-state index contributed by atoms with van der Waals surface area (Å²) in [7, 11) is 1.57. The Hall–Kier alpha value is -3.68. The molecule has 2 aliphatic heterocycles. The van der Waals surface area contributed by atoms with Crippen LogP contribution < -0.4 is 19.3 Å². The molecule has 35 heavy (non-hydrogen) atoms. The zero-order valence-corrected chi connectivity index (χ0v) is 19.8. The standard InChI is InChI=1S/C27H28N2O6/c1-16-6-11-22-23(12-16)26(32)29(25(22)31)19-4-3-5-21(14-19)35-27(33)17-13-24(30)28(15-17)18-7-9-20(34-2)10-8-18/h3-5,7-10,14,16-17,22-23H,6,11-13,15H2,1-2H3/t16-,17+,22-,23+/m1/s1. The molecule has 0 N–H and O–H groups in total. The van der Waals surface area contributed by atoms with E-state index in [1.807, 2.05) is 0 Å². The van der Waals surface area contributed by atoms with Crippen molar-refractivity contribution in [2.24, 2.45) is 23.7 Å². The van der Waals surface area contributed by atoms with Crippen LogP contribution in [0.5, 0.6) is 11.5 Å². The van der Waals surface area contributed by atoms with Crippen LogP contribution >= 0.6 is 0 Å². The molecule has 2 heterocycles. The maximum absolute atomic E-state index is 13.0. The van der Waals surface area contributed by atoms with Crippen LogP contribution in [0.25, 0.3) is 0 Å². The highest BCUT2D eigenvalue weighted by atomic mass is 16.5. The highest BCUT2D eigenvalue weighted by Gasteiger charge is 2.50. The van der Waals surface area contributed by atoms with E-state index in [-0.39, 0.29) is 48.3 Å². The van der Waals surface area contributed by atoms with Gasteiger partial charge in [0.05, 0.1) is 30.6 Å². The molecule has 2 aromatic rings. The Morgan fingerprint density at radius 2 is 1.66 bits per heavy atom. The first-order valence-electron chi connectivity index (χ1n) is 12.0. The third kappa shape index (κ3) is 4.29. The number of carbonyl (C=O) groups excluding carboxylic acids is 4. The average Bonchev–Trinajstić information content (AvgIpc) is 3.36. The lowest BCUT2D eigenvalue weighted by atomic mass is 9.76. The molecule has 5 rings (SSSR count). The van der Waals surface area contributed by atoms with Gasteiger partial charge in [0.25, 0.3) is 0 Å². The lowest BCUT2D eigenvalue weighted by Crippen LogP contribution is -2.31. The van der Waals surface area contributed by atoms with Gasteiger partial charge in [-0.2, -0.15) is 0 Å². The molecule has 2 aromatic carbocycles. The van der Waals surface area contributed by atoms with Gasteiger partial charge in [-0.3, -0.25) is 19.2 Å². The highest BCUT2D eigenvalue weighted by Crippen LogP contribution is 2.42. The molecule has 182 valence electrons. The van der Waals surface area contributed by atoms with E-state index in [1.165, 1.54) is 4.90 Å². The van der Waals surface area contributed by atoms with Crippen LogP contribution in [0.3, 0.4) is 0 Å². The van der Waals surface area contributed by atoms with E-state index >= 15 is 0 Å². The zero-order chi connectivity index (χ0) is 24.7. The first-order valence-corrected chi connectivity index (χ1v) is 12.0. The van der Waals surface area contributed by atoms with Gasteiger partial charge in [0, 0.05) is 24.7 Å². The van der Waals surface area contributed by atoms with Crippen LogP contribution in [0.2, 0.25) is 0 Å². The van der Waals surface area contributed by atoms with Crippen molar-refractivity contribution >= 4 is 35.1 Å². The second-order valence-corrected chi connectivity index (χ2v) is 9.66. The Bertz CT molecular complexity index is 1180. The van der Waals surface area contributed by atoms with Crippen LogP contribution in [0, 0.1) is 23.7 Å². The number of anilines is 2. The lowest BCUT2D eigenvalue weighted by molar-refractivity contribution is -0.139. The Kier molecular flexibility index (Phi) is 6.05. The fourth-order valence-electron chi connectivity index (χ4n) is 5.41. The summed E-state index contributed by atoms with van der Waals surface area (Å²) in [6.07, 6.45) is 2.44. The predicted octanol–water partition coefficient (Wildman–Crippen LogP) is 3.58. The SMILES string of the molecule is COc1ccc(N2C[C@@H](C(=O)Oc3cccc(N4C(=O)[C@H]5C[C@H](C)CC[C@H]5C4=O)c3)CC2=O)cc1. The van der Waals surface area contributed by atoms with Crippen molar-refractivity contribution in [1.29, 1.82) is 0 Å². The smallest absolute Gasteiger partial charge is 0.316 e. The Morgan fingerprint density at radius 3 is 2.40 bits per heavy atom. The van der Waals surface area contributed by atoms with Crippen molar-refractivity contribution in [1.82, 2.24) is 0 Å². The quantitative estimate of drug-likeness (QED) is 0.372. The normalized spacial score (nSPS) is 26.2. The molecule has 4 atom stereocenters. The number of rotatable bonds is 5. The molecule has 0 unspecified atom stereocenters. The van der Waals surface area contributed by atoms with Gasteiger partial charge in [-0.25, -0.2) is 4.90 Å². The molecule has 8 heteroatoms. The van der Waals surface area contributed by atoms with Crippen LogP contribution in [-0.2, 0) is 19.2 Å². The minimum absolute atomic E-state index is 0.0508. The molecule has 1 saturated carbocycles. The minimum atomic E-state index is -0.618. The van der Waals surface area contributed by atoms with Gasteiger partial charge in [0.15, 0.2) is 0 Å². The predicted molar refractivity (Wildman–Crippen MR) is 128 cm³/mol. The number of hydrogen-bond acceptors (Lipinski definition) is 6. The van der Waals surface area contributed by atoms with Gasteiger partial charge >= 0.3 is 5.97 Å².